The lowest BCUT2D eigenvalue weighted by molar-refractivity contribution is 0.644. The summed E-state index contributed by atoms with van der Waals surface area (Å²) in [5, 5.41) is 3.13. The summed E-state index contributed by atoms with van der Waals surface area (Å²) in [6, 6.07) is 0. The van der Waals surface area contributed by atoms with Crippen LogP contribution in [-0.2, 0) is 13.0 Å². The molecule has 1 aromatic heterocycles. The third kappa shape index (κ3) is 2.57. The monoisotopic (exact) mass is 184 g/mol. The molecule has 0 radical (unpaired) electrons. The highest BCUT2D eigenvalue weighted by atomic mass is 32.1. The first-order chi connectivity index (χ1) is 5.74. The molecule has 0 unspecified atom stereocenters. The molecule has 0 aliphatic heterocycles. The van der Waals surface area contributed by atoms with E-state index in [0.717, 1.165) is 18.9 Å². The van der Waals surface area contributed by atoms with Gasteiger partial charge in [0, 0.05) is 11.4 Å². The van der Waals surface area contributed by atoms with E-state index in [4.69, 9.17) is 0 Å². The van der Waals surface area contributed by atoms with Gasteiger partial charge in [0.25, 0.3) is 0 Å². The summed E-state index contributed by atoms with van der Waals surface area (Å²) >= 11 is 1.77. The number of hydrogen-bond acceptors (Lipinski definition) is 3. The summed E-state index contributed by atoms with van der Waals surface area (Å²) in [5.74, 6) is 0.723. The van der Waals surface area contributed by atoms with Crippen LogP contribution in [0.4, 0.5) is 0 Å². The Labute approximate surface area is 78.0 Å². The van der Waals surface area contributed by atoms with Gasteiger partial charge in [0.05, 0.1) is 11.2 Å². The molecular weight excluding hydrogens is 168 g/mol. The van der Waals surface area contributed by atoms with E-state index in [1.165, 1.54) is 10.6 Å². The molecule has 0 spiro atoms. The molecule has 1 aromatic rings. The Morgan fingerprint density at radius 1 is 1.58 bits per heavy atom. The average Bonchev–Trinajstić information content (AvgIpc) is 2.37. The van der Waals surface area contributed by atoms with Crippen LogP contribution in [0.25, 0.3) is 0 Å². The number of nitrogens with zero attached hydrogens (tertiary/aromatic N) is 1. The Morgan fingerprint density at radius 2 is 2.33 bits per heavy atom. The summed E-state index contributed by atoms with van der Waals surface area (Å²) in [7, 11) is 1.96. The van der Waals surface area contributed by atoms with Crippen LogP contribution in [-0.4, -0.2) is 12.0 Å². The first kappa shape index (κ1) is 9.68. The molecule has 68 valence electrons. The van der Waals surface area contributed by atoms with Crippen LogP contribution in [0.3, 0.4) is 0 Å². The van der Waals surface area contributed by atoms with Crippen molar-refractivity contribution in [3.05, 3.63) is 16.1 Å². The Morgan fingerprint density at radius 3 is 2.92 bits per heavy atom. The molecule has 12 heavy (non-hydrogen) atoms. The van der Waals surface area contributed by atoms with Crippen molar-refractivity contribution >= 4 is 11.3 Å². The third-order valence-corrected chi connectivity index (χ3v) is 2.56. The fraction of sp³-hybridized carbons (Fsp3) is 0.667. The zero-order valence-electron chi connectivity index (χ0n) is 7.92. The van der Waals surface area contributed by atoms with Gasteiger partial charge in [-0.3, -0.25) is 0 Å². The molecule has 0 aromatic carbocycles. The van der Waals surface area contributed by atoms with Crippen LogP contribution >= 0.6 is 11.3 Å². The quantitative estimate of drug-likeness (QED) is 0.774. The molecule has 0 aliphatic rings. The van der Waals surface area contributed by atoms with Gasteiger partial charge >= 0.3 is 0 Å². The molecule has 1 N–H and O–H groups in total. The van der Waals surface area contributed by atoms with Gasteiger partial charge in [0.1, 0.15) is 0 Å². The highest BCUT2D eigenvalue weighted by Crippen LogP contribution is 2.17. The van der Waals surface area contributed by atoms with E-state index < -0.39 is 0 Å². The van der Waals surface area contributed by atoms with Crippen molar-refractivity contribution in [2.24, 2.45) is 5.92 Å². The summed E-state index contributed by atoms with van der Waals surface area (Å²) < 4.78 is 0. The summed E-state index contributed by atoms with van der Waals surface area (Å²) in [4.78, 5) is 5.74. The largest absolute Gasteiger partial charge is 0.314 e. The van der Waals surface area contributed by atoms with E-state index in [0.29, 0.717) is 0 Å². The van der Waals surface area contributed by atoms with Gasteiger partial charge in [-0.15, -0.1) is 11.3 Å². The highest BCUT2D eigenvalue weighted by molar-refractivity contribution is 7.09. The van der Waals surface area contributed by atoms with Crippen molar-refractivity contribution in [2.45, 2.75) is 26.8 Å². The van der Waals surface area contributed by atoms with Gasteiger partial charge < -0.3 is 5.32 Å². The lowest BCUT2D eigenvalue weighted by Gasteiger charge is -2.03. The number of thiazole rings is 1. The number of nitrogens with one attached hydrogen (secondary N) is 1. The molecule has 3 heteroatoms. The molecule has 0 saturated carbocycles. The van der Waals surface area contributed by atoms with Gasteiger partial charge in [-0.05, 0) is 19.4 Å². The molecule has 0 amide bonds. The van der Waals surface area contributed by atoms with E-state index >= 15 is 0 Å². The standard InChI is InChI=1S/C9H16N2S/c1-7(2)4-9-8(5-10-3)11-6-12-9/h6-7,10H,4-5H2,1-3H3. The average molecular weight is 184 g/mol. The zero-order chi connectivity index (χ0) is 8.97. The number of rotatable bonds is 4. The minimum absolute atomic E-state index is 0.723. The molecule has 1 rings (SSSR count). The van der Waals surface area contributed by atoms with Gasteiger partial charge in [-0.1, -0.05) is 13.8 Å². The maximum absolute atomic E-state index is 4.31. The molecule has 0 aliphatic carbocycles. The molecular formula is C9H16N2S. The van der Waals surface area contributed by atoms with Crippen LogP contribution in [0.15, 0.2) is 5.51 Å². The first-order valence-corrected chi connectivity index (χ1v) is 5.17. The van der Waals surface area contributed by atoms with Gasteiger partial charge in [0.15, 0.2) is 0 Å². The predicted octanol–water partition coefficient (Wildman–Crippen LogP) is 2.06. The van der Waals surface area contributed by atoms with Crippen molar-refractivity contribution in [3.8, 4) is 0 Å². The fourth-order valence-corrected chi connectivity index (χ4v) is 2.14. The van der Waals surface area contributed by atoms with Crippen molar-refractivity contribution in [2.75, 3.05) is 7.05 Å². The Bertz CT molecular complexity index is 230. The van der Waals surface area contributed by atoms with Crippen LogP contribution in [0.5, 0.6) is 0 Å². The predicted molar refractivity (Wildman–Crippen MR) is 53.4 cm³/mol. The van der Waals surface area contributed by atoms with E-state index in [1.54, 1.807) is 11.3 Å². The van der Waals surface area contributed by atoms with Crippen LogP contribution in [0.1, 0.15) is 24.4 Å². The third-order valence-electron chi connectivity index (χ3n) is 1.66. The summed E-state index contributed by atoms with van der Waals surface area (Å²) in [6.07, 6.45) is 1.15. The van der Waals surface area contributed by atoms with E-state index in [2.05, 4.69) is 24.1 Å². The smallest absolute Gasteiger partial charge is 0.0798 e. The summed E-state index contributed by atoms with van der Waals surface area (Å²) in [6.45, 7) is 5.37. The second kappa shape index (κ2) is 4.58. The Balaban J connectivity index is 2.63. The molecule has 2 nitrogen and oxygen atoms in total. The summed E-state index contributed by atoms with van der Waals surface area (Å²) in [5.41, 5.74) is 3.15. The van der Waals surface area contributed by atoms with Crippen molar-refractivity contribution in [1.29, 1.82) is 0 Å². The minimum Gasteiger partial charge on any atom is -0.314 e. The van der Waals surface area contributed by atoms with Crippen LogP contribution in [0, 0.1) is 5.92 Å². The van der Waals surface area contributed by atoms with Gasteiger partial charge in [-0.2, -0.15) is 0 Å². The lowest BCUT2D eigenvalue weighted by atomic mass is 10.1. The van der Waals surface area contributed by atoms with Gasteiger partial charge in [-0.25, -0.2) is 4.98 Å². The van der Waals surface area contributed by atoms with Gasteiger partial charge in [0.2, 0.25) is 0 Å². The zero-order valence-corrected chi connectivity index (χ0v) is 8.74. The second-order valence-electron chi connectivity index (χ2n) is 3.35. The van der Waals surface area contributed by atoms with Crippen molar-refractivity contribution < 1.29 is 0 Å². The molecule has 0 atom stereocenters. The SMILES string of the molecule is CNCc1ncsc1CC(C)C. The van der Waals surface area contributed by atoms with E-state index in [9.17, 15) is 0 Å². The number of hydrogen-bond donors (Lipinski definition) is 1. The highest BCUT2D eigenvalue weighted by Gasteiger charge is 2.06. The van der Waals surface area contributed by atoms with E-state index in [1.807, 2.05) is 12.6 Å². The normalized spacial score (nSPS) is 11.0. The Hall–Kier alpha value is -0.410. The second-order valence-corrected chi connectivity index (χ2v) is 4.29. The fourth-order valence-electron chi connectivity index (χ4n) is 1.14. The topological polar surface area (TPSA) is 24.9 Å². The van der Waals surface area contributed by atoms with Crippen LogP contribution < -0.4 is 5.32 Å². The molecule has 0 bridgehead atoms. The maximum Gasteiger partial charge on any atom is 0.0798 e. The van der Waals surface area contributed by atoms with E-state index in [-0.39, 0.29) is 0 Å². The Kier molecular flexibility index (Phi) is 3.69. The maximum atomic E-state index is 4.31. The first-order valence-electron chi connectivity index (χ1n) is 4.30. The van der Waals surface area contributed by atoms with Crippen molar-refractivity contribution in [3.63, 3.8) is 0 Å². The minimum atomic E-state index is 0.723. The van der Waals surface area contributed by atoms with Crippen LogP contribution in [0.2, 0.25) is 0 Å². The number of aromatic nitrogens is 1. The molecule has 1 heterocycles. The van der Waals surface area contributed by atoms with Crippen molar-refractivity contribution in [1.82, 2.24) is 10.3 Å². The molecule has 0 fully saturated rings. The lowest BCUT2D eigenvalue weighted by Crippen LogP contribution is -2.08. The molecule has 0 saturated heterocycles.